The Kier molecular flexibility index (Phi) is 3.23. The standard InChI is InChI=1S/C21H18N2/c1-3-16(15-9-5-4-6-10-15)20-14(2)13-19-21(23-20)17-11-7-8-12-18(17)22-19/h3-13,22H,1-2H3/b16-3-. The molecule has 0 aliphatic rings. The molecule has 2 nitrogen and oxygen atoms in total. The number of allylic oxidation sites excluding steroid dienone is 1. The first-order valence-electron chi connectivity index (χ1n) is 7.88. The highest BCUT2D eigenvalue weighted by atomic mass is 14.8. The summed E-state index contributed by atoms with van der Waals surface area (Å²) in [5.74, 6) is 0. The Morgan fingerprint density at radius 2 is 1.70 bits per heavy atom. The molecule has 112 valence electrons. The second-order valence-corrected chi connectivity index (χ2v) is 5.79. The van der Waals surface area contributed by atoms with Crippen molar-refractivity contribution in [3.63, 3.8) is 0 Å². The molecule has 23 heavy (non-hydrogen) atoms. The van der Waals surface area contributed by atoms with Gasteiger partial charge in [-0.25, -0.2) is 4.98 Å². The number of H-pyrrole nitrogens is 1. The van der Waals surface area contributed by atoms with Gasteiger partial charge in [-0.2, -0.15) is 0 Å². The van der Waals surface area contributed by atoms with Gasteiger partial charge in [0.05, 0.1) is 16.7 Å². The second-order valence-electron chi connectivity index (χ2n) is 5.79. The van der Waals surface area contributed by atoms with Gasteiger partial charge in [0.2, 0.25) is 0 Å². The van der Waals surface area contributed by atoms with Gasteiger partial charge in [-0.1, -0.05) is 54.6 Å². The largest absolute Gasteiger partial charge is 0.353 e. The summed E-state index contributed by atoms with van der Waals surface area (Å²) in [5.41, 5.74) is 7.87. The minimum atomic E-state index is 1.04. The quantitative estimate of drug-likeness (QED) is 0.522. The summed E-state index contributed by atoms with van der Waals surface area (Å²) in [4.78, 5) is 8.47. The molecule has 0 spiro atoms. The average molecular weight is 298 g/mol. The number of aryl methyl sites for hydroxylation is 1. The molecule has 2 aromatic carbocycles. The van der Waals surface area contributed by atoms with Crippen molar-refractivity contribution in [3.05, 3.63) is 83.6 Å². The van der Waals surface area contributed by atoms with E-state index in [0.29, 0.717) is 0 Å². The molecule has 4 rings (SSSR count). The molecule has 4 aromatic rings. The van der Waals surface area contributed by atoms with Crippen molar-refractivity contribution >= 4 is 27.5 Å². The number of aromatic amines is 1. The van der Waals surface area contributed by atoms with Crippen LogP contribution in [0.4, 0.5) is 0 Å². The van der Waals surface area contributed by atoms with Crippen molar-refractivity contribution in [3.8, 4) is 0 Å². The maximum Gasteiger partial charge on any atom is 0.0965 e. The molecule has 0 unspecified atom stereocenters. The van der Waals surface area contributed by atoms with E-state index in [1.54, 1.807) is 0 Å². The normalized spacial score (nSPS) is 12.2. The van der Waals surface area contributed by atoms with E-state index >= 15 is 0 Å². The van der Waals surface area contributed by atoms with E-state index < -0.39 is 0 Å². The maximum atomic E-state index is 5.01. The highest BCUT2D eigenvalue weighted by Gasteiger charge is 2.13. The first kappa shape index (κ1) is 13.8. The van der Waals surface area contributed by atoms with E-state index in [9.17, 15) is 0 Å². The predicted molar refractivity (Wildman–Crippen MR) is 97.5 cm³/mol. The van der Waals surface area contributed by atoms with E-state index in [2.05, 4.69) is 73.4 Å². The number of benzene rings is 2. The number of para-hydroxylation sites is 1. The van der Waals surface area contributed by atoms with E-state index in [-0.39, 0.29) is 0 Å². The Bertz CT molecular complexity index is 1020. The van der Waals surface area contributed by atoms with Crippen LogP contribution in [0.1, 0.15) is 23.7 Å². The zero-order valence-electron chi connectivity index (χ0n) is 13.3. The number of fused-ring (bicyclic) bond motifs is 3. The fraction of sp³-hybridized carbons (Fsp3) is 0.0952. The molecular formula is C21H18N2. The van der Waals surface area contributed by atoms with Crippen molar-refractivity contribution in [1.82, 2.24) is 9.97 Å². The molecule has 0 aliphatic carbocycles. The minimum Gasteiger partial charge on any atom is -0.353 e. The molecule has 0 saturated heterocycles. The highest BCUT2D eigenvalue weighted by Crippen LogP contribution is 2.30. The van der Waals surface area contributed by atoms with Gasteiger partial charge in [0.1, 0.15) is 0 Å². The fourth-order valence-corrected chi connectivity index (χ4v) is 3.19. The number of pyridine rings is 1. The molecule has 2 heteroatoms. The molecule has 1 N–H and O–H groups in total. The van der Waals surface area contributed by atoms with Crippen molar-refractivity contribution in [2.75, 3.05) is 0 Å². The second kappa shape index (κ2) is 5.40. The Labute approximate surface area is 135 Å². The number of hydrogen-bond donors (Lipinski definition) is 1. The maximum absolute atomic E-state index is 5.01. The Morgan fingerprint density at radius 1 is 0.957 bits per heavy atom. The summed E-state index contributed by atoms with van der Waals surface area (Å²) in [6, 6.07) is 21.0. The molecule has 0 radical (unpaired) electrons. The summed E-state index contributed by atoms with van der Waals surface area (Å²) in [7, 11) is 0. The van der Waals surface area contributed by atoms with Gasteiger partial charge < -0.3 is 4.98 Å². The number of nitrogens with zero attached hydrogens (tertiary/aromatic N) is 1. The average Bonchev–Trinajstić information content (AvgIpc) is 2.94. The summed E-state index contributed by atoms with van der Waals surface area (Å²) in [6.07, 6.45) is 2.14. The molecule has 0 bridgehead atoms. The first-order valence-corrected chi connectivity index (χ1v) is 7.88. The topological polar surface area (TPSA) is 28.7 Å². The third kappa shape index (κ3) is 2.23. The summed E-state index contributed by atoms with van der Waals surface area (Å²) >= 11 is 0. The first-order chi connectivity index (χ1) is 11.3. The number of aromatic nitrogens is 2. The van der Waals surface area contributed by atoms with Crippen LogP contribution in [0.15, 0.2) is 66.7 Å². The number of rotatable bonds is 2. The third-order valence-corrected chi connectivity index (χ3v) is 4.29. The Hall–Kier alpha value is -2.87. The number of nitrogens with one attached hydrogen (secondary N) is 1. The van der Waals surface area contributed by atoms with Crippen LogP contribution in [0.3, 0.4) is 0 Å². The lowest BCUT2D eigenvalue weighted by molar-refractivity contribution is 1.27. The molecular weight excluding hydrogens is 280 g/mol. The van der Waals surface area contributed by atoms with Gasteiger partial charge in [-0.05, 0) is 37.1 Å². The molecule has 0 saturated carbocycles. The van der Waals surface area contributed by atoms with Crippen molar-refractivity contribution in [2.24, 2.45) is 0 Å². The monoisotopic (exact) mass is 298 g/mol. The lowest BCUT2D eigenvalue weighted by Gasteiger charge is -2.10. The van der Waals surface area contributed by atoms with Crippen LogP contribution in [-0.4, -0.2) is 9.97 Å². The van der Waals surface area contributed by atoms with Crippen molar-refractivity contribution < 1.29 is 0 Å². The molecule has 0 amide bonds. The highest BCUT2D eigenvalue weighted by molar-refractivity contribution is 6.05. The van der Waals surface area contributed by atoms with Crippen LogP contribution < -0.4 is 0 Å². The van der Waals surface area contributed by atoms with Gasteiger partial charge in [0.25, 0.3) is 0 Å². The van der Waals surface area contributed by atoms with Crippen LogP contribution in [0.25, 0.3) is 27.5 Å². The van der Waals surface area contributed by atoms with Gasteiger partial charge in [-0.3, -0.25) is 0 Å². The molecule has 0 fully saturated rings. The lowest BCUT2D eigenvalue weighted by atomic mass is 9.98. The van der Waals surface area contributed by atoms with Crippen LogP contribution >= 0.6 is 0 Å². The Morgan fingerprint density at radius 3 is 2.48 bits per heavy atom. The van der Waals surface area contributed by atoms with Gasteiger partial charge in [-0.15, -0.1) is 0 Å². The van der Waals surface area contributed by atoms with Crippen LogP contribution in [0, 0.1) is 6.92 Å². The van der Waals surface area contributed by atoms with Crippen LogP contribution in [0.5, 0.6) is 0 Å². The zero-order chi connectivity index (χ0) is 15.8. The van der Waals surface area contributed by atoms with E-state index in [1.165, 1.54) is 22.1 Å². The SMILES string of the molecule is C/C=C(/c1ccccc1)c1nc2c(cc1C)[nH]c1ccccc12. The van der Waals surface area contributed by atoms with Gasteiger partial charge in [0, 0.05) is 16.5 Å². The van der Waals surface area contributed by atoms with E-state index in [1.807, 2.05) is 12.1 Å². The minimum absolute atomic E-state index is 1.04. The third-order valence-electron chi connectivity index (χ3n) is 4.29. The summed E-state index contributed by atoms with van der Waals surface area (Å²) < 4.78 is 0. The van der Waals surface area contributed by atoms with E-state index in [4.69, 9.17) is 4.98 Å². The Balaban J connectivity index is 1.99. The summed E-state index contributed by atoms with van der Waals surface area (Å²) in [5, 5.41) is 1.17. The summed E-state index contributed by atoms with van der Waals surface area (Å²) in [6.45, 7) is 4.20. The van der Waals surface area contributed by atoms with Crippen LogP contribution in [-0.2, 0) is 0 Å². The smallest absolute Gasteiger partial charge is 0.0965 e. The molecule has 0 atom stereocenters. The molecule has 2 heterocycles. The van der Waals surface area contributed by atoms with Crippen molar-refractivity contribution in [2.45, 2.75) is 13.8 Å². The molecule has 2 aromatic heterocycles. The zero-order valence-corrected chi connectivity index (χ0v) is 13.3. The number of hydrogen-bond acceptors (Lipinski definition) is 1. The lowest BCUT2D eigenvalue weighted by Crippen LogP contribution is -1.96. The predicted octanol–water partition coefficient (Wildman–Crippen LogP) is 5.48. The van der Waals surface area contributed by atoms with E-state index in [0.717, 1.165) is 22.2 Å². The van der Waals surface area contributed by atoms with Crippen LogP contribution in [0.2, 0.25) is 0 Å². The fourth-order valence-electron chi connectivity index (χ4n) is 3.19. The molecule has 0 aliphatic heterocycles. The van der Waals surface area contributed by atoms with Crippen molar-refractivity contribution in [1.29, 1.82) is 0 Å². The van der Waals surface area contributed by atoms with Gasteiger partial charge in [0.15, 0.2) is 0 Å². The van der Waals surface area contributed by atoms with Gasteiger partial charge >= 0.3 is 0 Å².